The second-order valence-corrected chi connectivity index (χ2v) is 6.42. The van der Waals surface area contributed by atoms with Crippen molar-refractivity contribution in [2.24, 2.45) is 0 Å². The van der Waals surface area contributed by atoms with E-state index in [4.69, 9.17) is 16.3 Å². The van der Waals surface area contributed by atoms with Gasteiger partial charge >= 0.3 is 0 Å². The lowest BCUT2D eigenvalue weighted by Crippen LogP contribution is -2.23. The lowest BCUT2D eigenvalue weighted by molar-refractivity contribution is 0.0950. The van der Waals surface area contributed by atoms with E-state index in [1.807, 2.05) is 37.3 Å². The zero-order valence-electron chi connectivity index (χ0n) is 15.1. The van der Waals surface area contributed by atoms with E-state index < -0.39 is 0 Å². The first kappa shape index (κ1) is 18.7. The van der Waals surface area contributed by atoms with Crippen LogP contribution in [0.15, 0.2) is 60.8 Å². The van der Waals surface area contributed by atoms with Crippen molar-refractivity contribution < 1.29 is 9.53 Å². The molecule has 2 N–H and O–H groups in total. The number of carbonyl (C=O) groups is 1. The minimum Gasteiger partial charge on any atom is -0.495 e. The molecule has 0 fully saturated rings. The van der Waals surface area contributed by atoms with Crippen molar-refractivity contribution in [3.05, 3.63) is 82.5 Å². The second-order valence-electron chi connectivity index (χ2n) is 6.02. The topological polar surface area (TPSA) is 63.2 Å². The van der Waals surface area contributed by atoms with Gasteiger partial charge in [0.25, 0.3) is 5.91 Å². The SMILES string of the molecule is COc1ccc(Nc2ccc(C(=O)NCc3ccccc3C)cn2)cc1Cl. The van der Waals surface area contributed by atoms with Crippen LogP contribution >= 0.6 is 11.6 Å². The fourth-order valence-corrected chi connectivity index (χ4v) is 2.84. The number of amides is 1. The predicted octanol–water partition coefficient (Wildman–Crippen LogP) is 4.73. The molecule has 0 atom stereocenters. The number of aromatic nitrogens is 1. The van der Waals surface area contributed by atoms with Crippen molar-refractivity contribution in [3.63, 3.8) is 0 Å². The summed E-state index contributed by atoms with van der Waals surface area (Å²) in [5, 5.41) is 6.57. The zero-order valence-corrected chi connectivity index (χ0v) is 15.9. The molecular formula is C21H20ClN3O2. The first-order valence-corrected chi connectivity index (χ1v) is 8.84. The number of anilines is 2. The molecule has 138 valence electrons. The third-order valence-corrected chi connectivity index (χ3v) is 4.45. The molecule has 1 aromatic heterocycles. The Labute approximate surface area is 163 Å². The summed E-state index contributed by atoms with van der Waals surface area (Å²) in [4.78, 5) is 16.6. The molecule has 3 aromatic rings. The summed E-state index contributed by atoms with van der Waals surface area (Å²) in [5.41, 5.74) is 3.52. The van der Waals surface area contributed by atoms with Crippen LogP contribution in [0.25, 0.3) is 0 Å². The number of methoxy groups -OCH3 is 1. The van der Waals surface area contributed by atoms with E-state index in [0.717, 1.165) is 16.8 Å². The monoisotopic (exact) mass is 381 g/mol. The molecule has 0 unspecified atom stereocenters. The first-order chi connectivity index (χ1) is 13.1. The van der Waals surface area contributed by atoms with Crippen LogP contribution in [0.5, 0.6) is 5.75 Å². The normalized spacial score (nSPS) is 10.3. The molecule has 0 aliphatic carbocycles. The van der Waals surface area contributed by atoms with Gasteiger partial charge in [0.2, 0.25) is 0 Å². The molecule has 0 saturated heterocycles. The highest BCUT2D eigenvalue weighted by atomic mass is 35.5. The van der Waals surface area contributed by atoms with E-state index in [0.29, 0.717) is 28.7 Å². The average Bonchev–Trinajstić information content (AvgIpc) is 2.68. The molecule has 3 rings (SSSR count). The van der Waals surface area contributed by atoms with E-state index in [9.17, 15) is 4.79 Å². The van der Waals surface area contributed by atoms with Gasteiger partial charge in [0.15, 0.2) is 0 Å². The summed E-state index contributed by atoms with van der Waals surface area (Å²) >= 11 is 6.12. The van der Waals surface area contributed by atoms with Gasteiger partial charge < -0.3 is 15.4 Å². The summed E-state index contributed by atoms with van der Waals surface area (Å²) in [6.07, 6.45) is 1.54. The van der Waals surface area contributed by atoms with E-state index in [2.05, 4.69) is 15.6 Å². The summed E-state index contributed by atoms with van der Waals surface area (Å²) in [7, 11) is 1.57. The maximum Gasteiger partial charge on any atom is 0.253 e. The Morgan fingerprint density at radius 1 is 1.15 bits per heavy atom. The first-order valence-electron chi connectivity index (χ1n) is 8.46. The minimum atomic E-state index is -0.162. The standard InChI is InChI=1S/C21H20ClN3O2/c1-14-5-3-4-6-15(14)12-24-21(26)16-7-10-20(23-13-16)25-17-8-9-19(27-2)18(22)11-17/h3-11,13H,12H2,1-2H3,(H,23,25)(H,24,26). The number of nitrogens with zero attached hydrogens (tertiary/aromatic N) is 1. The zero-order chi connectivity index (χ0) is 19.2. The molecule has 0 spiro atoms. The van der Waals surface area contributed by atoms with Crippen LogP contribution in [-0.4, -0.2) is 18.0 Å². The molecule has 27 heavy (non-hydrogen) atoms. The Hall–Kier alpha value is -3.05. The molecule has 0 saturated carbocycles. The average molecular weight is 382 g/mol. The van der Waals surface area contributed by atoms with Crippen molar-refractivity contribution in [1.29, 1.82) is 0 Å². The number of pyridine rings is 1. The molecular weight excluding hydrogens is 362 g/mol. The van der Waals surface area contributed by atoms with Gasteiger partial charge in [-0.2, -0.15) is 0 Å². The van der Waals surface area contributed by atoms with Crippen molar-refractivity contribution in [1.82, 2.24) is 10.3 Å². The minimum absolute atomic E-state index is 0.162. The van der Waals surface area contributed by atoms with Gasteiger partial charge in [-0.25, -0.2) is 4.98 Å². The van der Waals surface area contributed by atoms with E-state index in [-0.39, 0.29) is 5.91 Å². The van der Waals surface area contributed by atoms with Gasteiger partial charge in [-0.3, -0.25) is 4.79 Å². The lowest BCUT2D eigenvalue weighted by Gasteiger charge is -2.10. The third kappa shape index (κ3) is 4.77. The Morgan fingerprint density at radius 2 is 1.96 bits per heavy atom. The number of hydrogen-bond acceptors (Lipinski definition) is 4. The van der Waals surface area contributed by atoms with Crippen LogP contribution < -0.4 is 15.4 Å². The molecule has 1 amide bonds. The van der Waals surface area contributed by atoms with E-state index in [1.165, 1.54) is 0 Å². The Bertz CT molecular complexity index is 942. The maximum atomic E-state index is 12.3. The van der Waals surface area contributed by atoms with E-state index >= 15 is 0 Å². The molecule has 0 bridgehead atoms. The Balaban J connectivity index is 1.62. The van der Waals surface area contributed by atoms with Gasteiger partial charge in [0.1, 0.15) is 11.6 Å². The van der Waals surface area contributed by atoms with Crippen LogP contribution in [-0.2, 0) is 6.54 Å². The third-order valence-electron chi connectivity index (χ3n) is 4.15. The molecule has 6 heteroatoms. The number of halogens is 1. The number of benzene rings is 2. The van der Waals surface area contributed by atoms with Gasteiger partial charge in [-0.1, -0.05) is 35.9 Å². The number of aryl methyl sites for hydroxylation is 1. The van der Waals surface area contributed by atoms with Crippen LogP contribution in [0, 0.1) is 6.92 Å². The smallest absolute Gasteiger partial charge is 0.253 e. The predicted molar refractivity (Wildman–Crippen MR) is 108 cm³/mol. The van der Waals surface area contributed by atoms with Crippen LogP contribution in [0.4, 0.5) is 11.5 Å². The maximum absolute atomic E-state index is 12.3. The number of ether oxygens (including phenoxy) is 1. The Kier molecular flexibility index (Phi) is 5.94. The molecule has 0 radical (unpaired) electrons. The second kappa shape index (κ2) is 8.56. The number of nitrogens with one attached hydrogen (secondary N) is 2. The van der Waals surface area contributed by atoms with Gasteiger partial charge in [-0.15, -0.1) is 0 Å². The summed E-state index contributed by atoms with van der Waals surface area (Å²) in [6.45, 7) is 2.50. The van der Waals surface area contributed by atoms with Crippen molar-refractivity contribution in [3.8, 4) is 5.75 Å². The highest BCUT2D eigenvalue weighted by molar-refractivity contribution is 6.32. The fraction of sp³-hybridized carbons (Fsp3) is 0.143. The van der Waals surface area contributed by atoms with Crippen molar-refractivity contribution in [2.45, 2.75) is 13.5 Å². The quantitative estimate of drug-likeness (QED) is 0.648. The lowest BCUT2D eigenvalue weighted by atomic mass is 10.1. The van der Waals surface area contributed by atoms with Crippen molar-refractivity contribution >= 4 is 29.0 Å². The number of hydrogen-bond donors (Lipinski definition) is 2. The molecule has 5 nitrogen and oxygen atoms in total. The summed E-state index contributed by atoms with van der Waals surface area (Å²) < 4.78 is 5.13. The van der Waals surface area contributed by atoms with Crippen LogP contribution in [0.2, 0.25) is 5.02 Å². The number of carbonyl (C=O) groups excluding carboxylic acids is 1. The number of rotatable bonds is 6. The molecule has 0 aliphatic rings. The van der Waals surface area contributed by atoms with Crippen LogP contribution in [0.3, 0.4) is 0 Å². The summed E-state index contributed by atoms with van der Waals surface area (Å²) in [6, 6.07) is 16.8. The highest BCUT2D eigenvalue weighted by Crippen LogP contribution is 2.28. The van der Waals surface area contributed by atoms with E-state index in [1.54, 1.807) is 37.6 Å². The summed E-state index contributed by atoms with van der Waals surface area (Å²) in [5.74, 6) is 1.06. The Morgan fingerprint density at radius 3 is 2.63 bits per heavy atom. The molecule has 0 aliphatic heterocycles. The van der Waals surface area contributed by atoms with Crippen LogP contribution in [0.1, 0.15) is 21.5 Å². The highest BCUT2D eigenvalue weighted by Gasteiger charge is 2.08. The van der Waals surface area contributed by atoms with Crippen molar-refractivity contribution in [2.75, 3.05) is 12.4 Å². The van der Waals surface area contributed by atoms with Gasteiger partial charge in [-0.05, 0) is 48.4 Å². The molecule has 1 heterocycles. The molecule has 2 aromatic carbocycles. The fourth-order valence-electron chi connectivity index (χ4n) is 2.58. The van der Waals surface area contributed by atoms with Gasteiger partial charge in [0, 0.05) is 18.4 Å². The van der Waals surface area contributed by atoms with Gasteiger partial charge in [0.05, 0.1) is 17.7 Å². The largest absolute Gasteiger partial charge is 0.495 e.